The van der Waals surface area contributed by atoms with Gasteiger partial charge in [0.05, 0.1) is 13.7 Å². The Kier molecular flexibility index (Phi) is 5.41. The quantitative estimate of drug-likeness (QED) is 0.799. The van der Waals surface area contributed by atoms with Crippen LogP contribution >= 0.6 is 0 Å². The molecule has 1 aromatic carbocycles. The van der Waals surface area contributed by atoms with Gasteiger partial charge in [0.2, 0.25) is 0 Å². The third kappa shape index (κ3) is 4.00. The van der Waals surface area contributed by atoms with Crippen molar-refractivity contribution in [3.8, 4) is 11.5 Å². The van der Waals surface area contributed by atoms with Crippen LogP contribution in [-0.4, -0.2) is 29.4 Å². The summed E-state index contributed by atoms with van der Waals surface area (Å²) in [6.07, 6.45) is 3.80. The van der Waals surface area contributed by atoms with Gasteiger partial charge in [-0.05, 0) is 24.6 Å². The minimum absolute atomic E-state index is 0.239. The highest BCUT2D eigenvalue weighted by Crippen LogP contribution is 2.28. The second-order valence-corrected chi connectivity index (χ2v) is 4.90. The smallest absolute Gasteiger partial charge is 0.257 e. The van der Waals surface area contributed by atoms with E-state index in [0.29, 0.717) is 29.5 Å². The molecule has 0 fully saturated rings. The minimum atomic E-state index is -0.239. The Bertz CT molecular complexity index is 637. The molecule has 1 amide bonds. The Labute approximate surface area is 130 Å². The van der Waals surface area contributed by atoms with Gasteiger partial charge in [-0.2, -0.15) is 5.10 Å². The van der Waals surface area contributed by atoms with Gasteiger partial charge in [-0.1, -0.05) is 13.3 Å². The Morgan fingerprint density at radius 3 is 2.77 bits per heavy atom. The number of carbonyl (C=O) groups excluding carboxylic acids is 1. The number of nitrogens with zero attached hydrogens (tertiary/aromatic N) is 2. The van der Waals surface area contributed by atoms with Gasteiger partial charge >= 0.3 is 0 Å². The third-order valence-electron chi connectivity index (χ3n) is 3.14. The van der Waals surface area contributed by atoms with Crippen molar-refractivity contribution >= 4 is 11.7 Å². The van der Waals surface area contributed by atoms with E-state index in [1.54, 1.807) is 49.3 Å². The number of carbonyl (C=O) groups is 1. The number of methoxy groups -OCH3 is 1. The molecule has 118 valence electrons. The van der Waals surface area contributed by atoms with Crippen LogP contribution in [0.2, 0.25) is 0 Å². The molecule has 0 spiro atoms. The number of rotatable bonds is 7. The summed E-state index contributed by atoms with van der Waals surface area (Å²) in [7, 11) is 3.35. The third-order valence-corrected chi connectivity index (χ3v) is 3.14. The lowest BCUT2D eigenvalue weighted by molar-refractivity contribution is 0.102. The standard InChI is InChI=1S/C16H21N3O3/c1-4-5-10-22-13-7-6-12(11-14(13)21-3)16(20)17-15-8-9-19(2)18-15/h6-9,11H,4-5,10H2,1-3H3,(H,17,18,20). The molecule has 6 heteroatoms. The number of ether oxygens (including phenoxy) is 2. The van der Waals surface area contributed by atoms with Crippen molar-refractivity contribution in [2.24, 2.45) is 7.05 Å². The fourth-order valence-electron chi connectivity index (χ4n) is 1.92. The number of hydrogen-bond donors (Lipinski definition) is 1. The summed E-state index contributed by atoms with van der Waals surface area (Å²) in [5, 5.41) is 6.85. The van der Waals surface area contributed by atoms with E-state index < -0.39 is 0 Å². The van der Waals surface area contributed by atoms with E-state index in [1.807, 2.05) is 0 Å². The summed E-state index contributed by atoms with van der Waals surface area (Å²) >= 11 is 0. The number of nitrogens with one attached hydrogen (secondary N) is 1. The average molecular weight is 303 g/mol. The van der Waals surface area contributed by atoms with Gasteiger partial charge in [0, 0.05) is 24.9 Å². The lowest BCUT2D eigenvalue weighted by atomic mass is 10.2. The van der Waals surface area contributed by atoms with E-state index in [1.165, 1.54) is 0 Å². The van der Waals surface area contributed by atoms with Gasteiger partial charge in [-0.25, -0.2) is 0 Å². The zero-order valence-corrected chi connectivity index (χ0v) is 13.1. The molecular formula is C16H21N3O3. The predicted molar refractivity (Wildman–Crippen MR) is 84.6 cm³/mol. The first-order chi connectivity index (χ1) is 10.6. The van der Waals surface area contributed by atoms with Gasteiger partial charge in [0.25, 0.3) is 5.91 Å². The molecular weight excluding hydrogens is 282 g/mol. The normalized spacial score (nSPS) is 10.3. The Hall–Kier alpha value is -2.50. The van der Waals surface area contributed by atoms with Crippen LogP contribution in [0.3, 0.4) is 0 Å². The van der Waals surface area contributed by atoms with Crippen molar-refractivity contribution in [3.05, 3.63) is 36.0 Å². The first-order valence-electron chi connectivity index (χ1n) is 7.26. The van der Waals surface area contributed by atoms with Crippen LogP contribution in [0.25, 0.3) is 0 Å². The molecule has 0 radical (unpaired) electrons. The second kappa shape index (κ2) is 7.49. The first-order valence-corrected chi connectivity index (χ1v) is 7.26. The van der Waals surface area contributed by atoms with Crippen LogP contribution < -0.4 is 14.8 Å². The van der Waals surface area contributed by atoms with Crippen molar-refractivity contribution < 1.29 is 14.3 Å². The summed E-state index contributed by atoms with van der Waals surface area (Å²) in [6.45, 7) is 2.73. The topological polar surface area (TPSA) is 65.4 Å². The van der Waals surface area contributed by atoms with Gasteiger partial charge in [0.15, 0.2) is 17.3 Å². The molecule has 1 aromatic heterocycles. The lowest BCUT2D eigenvalue weighted by Crippen LogP contribution is -2.13. The maximum atomic E-state index is 12.2. The van der Waals surface area contributed by atoms with Gasteiger partial charge in [-0.3, -0.25) is 9.48 Å². The van der Waals surface area contributed by atoms with Crippen molar-refractivity contribution in [3.63, 3.8) is 0 Å². The highest BCUT2D eigenvalue weighted by Gasteiger charge is 2.12. The predicted octanol–water partition coefficient (Wildman–Crippen LogP) is 2.86. The Balaban J connectivity index is 2.09. The van der Waals surface area contributed by atoms with E-state index >= 15 is 0 Å². The van der Waals surface area contributed by atoms with E-state index in [-0.39, 0.29) is 5.91 Å². The summed E-state index contributed by atoms with van der Waals surface area (Å²) < 4.78 is 12.6. The maximum absolute atomic E-state index is 12.2. The van der Waals surface area contributed by atoms with Gasteiger partial charge in [0.1, 0.15) is 0 Å². The van der Waals surface area contributed by atoms with E-state index in [0.717, 1.165) is 12.8 Å². The van der Waals surface area contributed by atoms with Crippen molar-refractivity contribution in [2.45, 2.75) is 19.8 Å². The van der Waals surface area contributed by atoms with E-state index in [9.17, 15) is 4.79 Å². The number of hydrogen-bond acceptors (Lipinski definition) is 4. The van der Waals surface area contributed by atoms with E-state index in [2.05, 4.69) is 17.3 Å². The number of aromatic nitrogens is 2. The van der Waals surface area contributed by atoms with Crippen molar-refractivity contribution in [1.82, 2.24) is 9.78 Å². The molecule has 1 N–H and O–H groups in total. The number of amides is 1. The fourth-order valence-corrected chi connectivity index (χ4v) is 1.92. The van der Waals surface area contributed by atoms with Crippen LogP contribution in [0.5, 0.6) is 11.5 Å². The van der Waals surface area contributed by atoms with Crippen LogP contribution in [0.4, 0.5) is 5.82 Å². The molecule has 2 rings (SSSR count). The molecule has 0 aliphatic rings. The molecule has 0 aliphatic carbocycles. The van der Waals surface area contributed by atoms with Crippen LogP contribution in [0.1, 0.15) is 30.1 Å². The molecule has 0 bridgehead atoms. The molecule has 0 saturated carbocycles. The highest BCUT2D eigenvalue weighted by molar-refractivity contribution is 6.04. The first kappa shape index (κ1) is 15.9. The molecule has 0 atom stereocenters. The number of aryl methyl sites for hydroxylation is 1. The molecule has 2 aromatic rings. The highest BCUT2D eigenvalue weighted by atomic mass is 16.5. The summed E-state index contributed by atoms with van der Waals surface area (Å²) in [6, 6.07) is 6.86. The summed E-state index contributed by atoms with van der Waals surface area (Å²) in [5.41, 5.74) is 0.491. The van der Waals surface area contributed by atoms with Gasteiger partial charge in [-0.15, -0.1) is 0 Å². The monoisotopic (exact) mass is 303 g/mol. The Morgan fingerprint density at radius 2 is 2.14 bits per heavy atom. The maximum Gasteiger partial charge on any atom is 0.257 e. The minimum Gasteiger partial charge on any atom is -0.493 e. The number of unbranched alkanes of at least 4 members (excludes halogenated alkanes) is 1. The molecule has 0 aliphatic heterocycles. The van der Waals surface area contributed by atoms with Crippen LogP contribution in [-0.2, 0) is 7.05 Å². The lowest BCUT2D eigenvalue weighted by Gasteiger charge is -2.11. The molecule has 22 heavy (non-hydrogen) atoms. The largest absolute Gasteiger partial charge is 0.493 e. The molecule has 0 unspecified atom stereocenters. The van der Waals surface area contributed by atoms with E-state index in [4.69, 9.17) is 9.47 Å². The molecule has 0 saturated heterocycles. The number of benzene rings is 1. The average Bonchev–Trinajstić information content (AvgIpc) is 2.92. The van der Waals surface area contributed by atoms with Crippen molar-refractivity contribution in [1.29, 1.82) is 0 Å². The van der Waals surface area contributed by atoms with Crippen molar-refractivity contribution in [2.75, 3.05) is 19.0 Å². The molecule has 6 nitrogen and oxygen atoms in total. The number of anilines is 1. The van der Waals surface area contributed by atoms with Crippen LogP contribution in [0, 0.1) is 0 Å². The second-order valence-electron chi connectivity index (χ2n) is 4.90. The van der Waals surface area contributed by atoms with Gasteiger partial charge < -0.3 is 14.8 Å². The fraction of sp³-hybridized carbons (Fsp3) is 0.375. The zero-order chi connectivity index (χ0) is 15.9. The summed E-state index contributed by atoms with van der Waals surface area (Å²) in [4.78, 5) is 12.2. The molecule has 1 heterocycles. The summed E-state index contributed by atoms with van der Waals surface area (Å²) in [5.74, 6) is 1.46. The zero-order valence-electron chi connectivity index (χ0n) is 13.1. The SMILES string of the molecule is CCCCOc1ccc(C(=O)Nc2ccn(C)n2)cc1OC. The van der Waals surface area contributed by atoms with Crippen LogP contribution in [0.15, 0.2) is 30.5 Å². The Morgan fingerprint density at radius 1 is 1.32 bits per heavy atom.